The first-order valence-corrected chi connectivity index (χ1v) is 10.0. The molecule has 0 aromatic heterocycles. The van der Waals surface area contributed by atoms with Crippen LogP contribution in [0.2, 0.25) is 0 Å². The molecule has 132 valence electrons. The van der Waals surface area contributed by atoms with Crippen LogP contribution in [0.5, 0.6) is 0 Å². The molecule has 0 aliphatic carbocycles. The number of amides is 1. The van der Waals surface area contributed by atoms with Crippen LogP contribution in [-0.4, -0.2) is 44.0 Å². The van der Waals surface area contributed by atoms with E-state index < -0.39 is 10.0 Å². The number of piperidine rings is 1. The van der Waals surface area contributed by atoms with Gasteiger partial charge in [0.1, 0.15) is 0 Å². The molecule has 1 aliphatic heterocycles. The largest absolute Gasteiger partial charge is 0.352 e. The van der Waals surface area contributed by atoms with Gasteiger partial charge in [-0.15, -0.1) is 6.58 Å². The number of nitrogens with one attached hydrogen (secondary N) is 1. The topological polar surface area (TPSA) is 66.5 Å². The van der Waals surface area contributed by atoms with E-state index in [4.69, 9.17) is 0 Å². The predicted octanol–water partition coefficient (Wildman–Crippen LogP) is 1.96. The summed E-state index contributed by atoms with van der Waals surface area (Å²) in [4.78, 5) is 12.0. The van der Waals surface area contributed by atoms with Gasteiger partial charge in [0.05, 0.1) is 11.7 Å². The highest BCUT2D eigenvalue weighted by atomic mass is 32.2. The van der Waals surface area contributed by atoms with Crippen molar-refractivity contribution in [3.8, 4) is 0 Å². The second kappa shape index (κ2) is 8.99. The molecule has 0 unspecified atom stereocenters. The van der Waals surface area contributed by atoms with Crippen LogP contribution in [0, 0.1) is 5.92 Å². The summed E-state index contributed by atoms with van der Waals surface area (Å²) >= 11 is 0. The smallest absolute Gasteiger partial charge is 0.224 e. The van der Waals surface area contributed by atoms with Gasteiger partial charge in [0.25, 0.3) is 0 Å². The lowest BCUT2D eigenvalue weighted by molar-refractivity contribution is -0.125. The summed E-state index contributed by atoms with van der Waals surface area (Å²) in [7, 11) is -3.31. The molecule has 2 rings (SSSR count). The number of nitrogens with zero attached hydrogens (tertiary/aromatic N) is 1. The first-order chi connectivity index (χ1) is 11.5. The number of benzene rings is 1. The Morgan fingerprint density at radius 3 is 2.79 bits per heavy atom. The fraction of sp³-hybridized carbons (Fsp3) is 0.500. The van der Waals surface area contributed by atoms with Crippen LogP contribution in [0.25, 0.3) is 0 Å². The zero-order valence-electron chi connectivity index (χ0n) is 14.0. The SMILES string of the molecule is C=CCNC(=O)[C@@H]1CCCN(S(=O)(=O)CCCc2ccccc2)C1. The second-order valence-electron chi connectivity index (χ2n) is 6.14. The normalized spacial score (nSPS) is 18.9. The van der Waals surface area contributed by atoms with Crippen LogP contribution in [0.3, 0.4) is 0 Å². The molecule has 24 heavy (non-hydrogen) atoms. The molecule has 1 aromatic carbocycles. The minimum Gasteiger partial charge on any atom is -0.352 e. The Morgan fingerprint density at radius 1 is 1.33 bits per heavy atom. The molecule has 5 nitrogen and oxygen atoms in total. The molecule has 1 atom stereocenters. The molecule has 0 spiro atoms. The minimum absolute atomic E-state index is 0.0842. The van der Waals surface area contributed by atoms with Gasteiger partial charge in [-0.1, -0.05) is 36.4 Å². The Morgan fingerprint density at radius 2 is 2.08 bits per heavy atom. The van der Waals surface area contributed by atoms with Crippen molar-refractivity contribution in [1.29, 1.82) is 0 Å². The van der Waals surface area contributed by atoms with Crippen LogP contribution in [0.1, 0.15) is 24.8 Å². The maximum atomic E-state index is 12.5. The summed E-state index contributed by atoms with van der Waals surface area (Å²) in [5.74, 6) is -0.218. The van der Waals surface area contributed by atoms with E-state index in [2.05, 4.69) is 11.9 Å². The Hall–Kier alpha value is -1.66. The third-order valence-corrected chi connectivity index (χ3v) is 6.20. The number of hydrogen-bond acceptors (Lipinski definition) is 3. The summed E-state index contributed by atoms with van der Waals surface area (Å²) in [6.07, 6.45) is 4.43. The van der Waals surface area contributed by atoms with E-state index in [0.717, 1.165) is 24.8 Å². The van der Waals surface area contributed by atoms with Crippen molar-refractivity contribution in [2.75, 3.05) is 25.4 Å². The molecular formula is C18H26N2O3S. The van der Waals surface area contributed by atoms with Gasteiger partial charge in [0.2, 0.25) is 15.9 Å². The van der Waals surface area contributed by atoms with Gasteiger partial charge in [0, 0.05) is 19.6 Å². The van der Waals surface area contributed by atoms with Gasteiger partial charge in [-0.25, -0.2) is 12.7 Å². The second-order valence-corrected chi connectivity index (χ2v) is 8.22. The van der Waals surface area contributed by atoms with E-state index in [1.165, 1.54) is 4.31 Å². The molecule has 0 bridgehead atoms. The maximum Gasteiger partial charge on any atom is 0.224 e. The van der Waals surface area contributed by atoms with Crippen LogP contribution in [0.4, 0.5) is 0 Å². The zero-order valence-corrected chi connectivity index (χ0v) is 14.8. The van der Waals surface area contributed by atoms with Crippen LogP contribution in [0.15, 0.2) is 43.0 Å². The van der Waals surface area contributed by atoms with E-state index in [-0.39, 0.29) is 24.1 Å². The molecule has 1 fully saturated rings. The lowest BCUT2D eigenvalue weighted by Crippen LogP contribution is -2.46. The van der Waals surface area contributed by atoms with E-state index in [1.807, 2.05) is 30.3 Å². The molecule has 0 radical (unpaired) electrons. The number of carbonyl (C=O) groups is 1. The van der Waals surface area contributed by atoms with Gasteiger partial charge in [0.15, 0.2) is 0 Å². The predicted molar refractivity (Wildman–Crippen MR) is 96.1 cm³/mol. The first-order valence-electron chi connectivity index (χ1n) is 8.43. The Bertz CT molecular complexity index is 643. The molecule has 0 saturated carbocycles. The molecule has 1 aromatic rings. The van der Waals surface area contributed by atoms with Gasteiger partial charge < -0.3 is 5.32 Å². The van der Waals surface area contributed by atoms with Crippen molar-refractivity contribution >= 4 is 15.9 Å². The molecule has 1 saturated heterocycles. The Kier molecular flexibility index (Phi) is 6.99. The van der Waals surface area contributed by atoms with Gasteiger partial charge in [-0.05, 0) is 31.2 Å². The summed E-state index contributed by atoms with van der Waals surface area (Å²) < 4.78 is 26.6. The van der Waals surface area contributed by atoms with Crippen LogP contribution >= 0.6 is 0 Å². The van der Waals surface area contributed by atoms with Crippen molar-refractivity contribution in [3.05, 3.63) is 48.6 Å². The standard InChI is InChI=1S/C18H26N2O3S/c1-2-12-19-18(21)17-11-6-13-20(15-17)24(22,23)14-7-10-16-8-4-3-5-9-16/h2-5,8-9,17H,1,6-7,10-15H2,(H,19,21)/t17-/m1/s1. The number of aryl methyl sites for hydroxylation is 1. The van der Waals surface area contributed by atoms with E-state index >= 15 is 0 Å². The summed E-state index contributed by atoms with van der Waals surface area (Å²) in [5, 5.41) is 2.76. The quantitative estimate of drug-likeness (QED) is 0.729. The Labute approximate surface area is 144 Å². The van der Waals surface area contributed by atoms with Crippen molar-refractivity contribution in [1.82, 2.24) is 9.62 Å². The van der Waals surface area contributed by atoms with Crippen LogP contribution in [-0.2, 0) is 21.2 Å². The lowest BCUT2D eigenvalue weighted by atomic mass is 9.99. The summed E-state index contributed by atoms with van der Waals surface area (Å²) in [6.45, 7) is 4.79. The fourth-order valence-electron chi connectivity index (χ4n) is 2.96. The van der Waals surface area contributed by atoms with Crippen LogP contribution < -0.4 is 5.32 Å². The third-order valence-electron chi connectivity index (χ3n) is 4.28. The highest BCUT2D eigenvalue weighted by molar-refractivity contribution is 7.89. The Balaban J connectivity index is 1.86. The fourth-order valence-corrected chi connectivity index (χ4v) is 4.54. The van der Waals surface area contributed by atoms with Gasteiger partial charge in [-0.2, -0.15) is 0 Å². The average molecular weight is 350 g/mol. The summed E-state index contributed by atoms with van der Waals surface area (Å²) in [5.41, 5.74) is 1.15. The minimum atomic E-state index is -3.31. The monoisotopic (exact) mass is 350 g/mol. The van der Waals surface area contributed by atoms with E-state index in [1.54, 1.807) is 6.08 Å². The molecule has 6 heteroatoms. The molecule has 1 amide bonds. The highest BCUT2D eigenvalue weighted by Gasteiger charge is 2.31. The summed E-state index contributed by atoms with van der Waals surface area (Å²) in [6, 6.07) is 9.88. The number of rotatable bonds is 8. The van der Waals surface area contributed by atoms with Crippen molar-refractivity contribution < 1.29 is 13.2 Å². The number of carbonyl (C=O) groups excluding carboxylic acids is 1. The highest BCUT2D eigenvalue weighted by Crippen LogP contribution is 2.20. The van der Waals surface area contributed by atoms with Gasteiger partial charge >= 0.3 is 0 Å². The zero-order chi connectivity index (χ0) is 17.4. The van der Waals surface area contributed by atoms with Crippen molar-refractivity contribution in [2.45, 2.75) is 25.7 Å². The maximum absolute atomic E-state index is 12.5. The molecule has 1 heterocycles. The van der Waals surface area contributed by atoms with E-state index in [9.17, 15) is 13.2 Å². The van der Waals surface area contributed by atoms with Gasteiger partial charge in [-0.3, -0.25) is 4.79 Å². The number of hydrogen-bond donors (Lipinski definition) is 1. The van der Waals surface area contributed by atoms with Crippen molar-refractivity contribution in [2.24, 2.45) is 5.92 Å². The lowest BCUT2D eigenvalue weighted by Gasteiger charge is -2.31. The molecular weight excluding hydrogens is 324 g/mol. The van der Waals surface area contributed by atoms with E-state index in [0.29, 0.717) is 19.5 Å². The molecule has 1 N–H and O–H groups in total. The molecule has 1 aliphatic rings. The number of sulfonamides is 1. The third kappa shape index (κ3) is 5.46. The van der Waals surface area contributed by atoms with Crippen molar-refractivity contribution in [3.63, 3.8) is 0 Å². The first kappa shape index (κ1) is 18.7. The average Bonchev–Trinajstić information content (AvgIpc) is 2.60.